The molecule has 0 saturated carbocycles. The fourth-order valence-electron chi connectivity index (χ4n) is 9.37. The Hall–Kier alpha value is -5.61. The van der Waals surface area contributed by atoms with Gasteiger partial charge in [-0.15, -0.1) is 0 Å². The van der Waals surface area contributed by atoms with Gasteiger partial charge in [0.1, 0.15) is 32.0 Å². The zero-order chi connectivity index (χ0) is 59.8. The van der Waals surface area contributed by atoms with E-state index in [1.165, 1.54) is 24.3 Å². The lowest BCUT2D eigenvalue weighted by molar-refractivity contribution is -0.870. The number of hydrogen-bond donors (Lipinski definition) is 0. The van der Waals surface area contributed by atoms with Crippen molar-refractivity contribution in [3.8, 4) is 23.0 Å². The van der Waals surface area contributed by atoms with Crippen molar-refractivity contribution in [2.75, 3.05) is 61.1 Å². The molecule has 0 radical (unpaired) electrons. The second kappa shape index (κ2) is 37.6. The number of unbranched alkanes of at least 4 members (excludes halogenated alkanes) is 22. The van der Waals surface area contributed by atoms with Crippen LogP contribution in [0.1, 0.15) is 217 Å². The van der Waals surface area contributed by atoms with E-state index in [2.05, 4.69) is 0 Å². The van der Waals surface area contributed by atoms with E-state index in [9.17, 15) is 48.9 Å². The van der Waals surface area contributed by atoms with E-state index in [0.717, 1.165) is 128 Å². The van der Waals surface area contributed by atoms with Gasteiger partial charge in [0.05, 0.1) is 60.9 Å². The SMILES string of the molecule is CC(OC(=O)CCCCCCCCCCCCCCC(=O)OC[C@H](COP(=O)([O-])OCC[N+](C)(C)C)OC(=O)CCCCCCCCCCCCCCC(=O)OC(C)c1cc2c(cc1[N+](=O)[O-])OCO2)c1cc2c(cc1[N+](=O)[O-])OCO2. The maximum Gasteiger partial charge on any atom is 0.306 e. The number of quaternary nitrogens is 1. The molecule has 0 aromatic heterocycles. The van der Waals surface area contributed by atoms with Crippen molar-refractivity contribution in [3.63, 3.8) is 0 Å². The van der Waals surface area contributed by atoms with Crippen molar-refractivity contribution < 1.29 is 89.9 Å². The number of carbonyl (C=O) groups is 4. The third-order valence-corrected chi connectivity index (χ3v) is 15.1. The first-order valence-electron chi connectivity index (χ1n) is 29.5. The van der Waals surface area contributed by atoms with Crippen LogP contribution in [0.25, 0.3) is 0 Å². The summed E-state index contributed by atoms with van der Waals surface area (Å²) in [6, 6.07) is 5.58. The van der Waals surface area contributed by atoms with Gasteiger partial charge in [-0.1, -0.05) is 128 Å². The standard InChI is InChI=1S/C58H90N3O20P/c1-44(47-36-51-53(75-42-73-51)38-49(47)59(66)67)79-56(63)31-27-23-19-15-11-7-6-10-14-18-22-26-30-55(62)72-40-46(41-78-82(70,71)77-35-34-61(3,4)5)81-58(65)33-29-25-21-17-13-9-8-12-16-20-24-28-32-57(64)80-45(2)48-37-52-54(76-43-74-52)39-50(48)60(68)69/h36-39,44-46H,6-35,40-43H2,1-5H3/t44?,45?,46-/m1/s1. The molecule has 23 nitrogen and oxygen atoms in total. The van der Waals surface area contributed by atoms with Crippen LogP contribution in [-0.2, 0) is 51.7 Å². The lowest BCUT2D eigenvalue weighted by Crippen LogP contribution is -2.37. The van der Waals surface area contributed by atoms with Crippen LogP contribution in [-0.4, -0.2) is 105 Å². The molecule has 2 aromatic rings. The number of rotatable bonds is 46. The Labute approximate surface area is 483 Å². The van der Waals surface area contributed by atoms with Gasteiger partial charge in [-0.3, -0.25) is 44.0 Å². The number of nitrogens with zero attached hydrogens (tertiary/aromatic N) is 3. The maximum absolute atomic E-state index is 12.8. The monoisotopic (exact) mass is 1180 g/mol. The van der Waals surface area contributed by atoms with Crippen LogP contribution < -0.4 is 23.8 Å². The van der Waals surface area contributed by atoms with Crippen LogP contribution in [0.4, 0.5) is 11.4 Å². The lowest BCUT2D eigenvalue weighted by atomic mass is 10.0. The minimum atomic E-state index is -4.72. The van der Waals surface area contributed by atoms with Gasteiger partial charge in [0.15, 0.2) is 29.1 Å². The molecule has 24 heteroatoms. The third-order valence-electron chi connectivity index (χ3n) is 14.1. The summed E-state index contributed by atoms with van der Waals surface area (Å²) in [6.45, 7) is 2.60. The summed E-state index contributed by atoms with van der Waals surface area (Å²) in [5.74, 6) is -0.453. The second-order valence-corrected chi connectivity index (χ2v) is 23.6. The van der Waals surface area contributed by atoms with Crippen molar-refractivity contribution in [3.05, 3.63) is 55.6 Å². The molecular weight excluding hydrogens is 1090 g/mol. The number of nitro benzene ring substituents is 2. The Kier molecular flexibility index (Phi) is 31.6. The molecule has 0 spiro atoms. The van der Waals surface area contributed by atoms with Gasteiger partial charge in [-0.05, 0) is 51.7 Å². The van der Waals surface area contributed by atoms with E-state index in [0.29, 0.717) is 59.7 Å². The highest BCUT2D eigenvalue weighted by Gasteiger charge is 2.30. The fraction of sp³-hybridized carbons (Fsp3) is 0.724. The normalized spacial score (nSPS) is 14.4. The average Bonchev–Trinajstić information content (AvgIpc) is 4.27. The number of phosphoric ester groups is 1. The highest BCUT2D eigenvalue weighted by atomic mass is 31.2. The van der Waals surface area contributed by atoms with E-state index >= 15 is 0 Å². The number of fused-ring (bicyclic) bond motifs is 2. The summed E-state index contributed by atoms with van der Waals surface area (Å²) in [5.41, 5.74) is 0.151. The lowest BCUT2D eigenvalue weighted by Gasteiger charge is -2.28. The molecule has 2 aromatic carbocycles. The molecule has 3 unspecified atom stereocenters. The van der Waals surface area contributed by atoms with E-state index in [4.69, 9.17) is 46.9 Å². The highest BCUT2D eigenvalue weighted by molar-refractivity contribution is 7.45. The van der Waals surface area contributed by atoms with E-state index < -0.39 is 66.5 Å². The van der Waals surface area contributed by atoms with Gasteiger partial charge in [-0.25, -0.2) is 0 Å². The molecule has 0 amide bonds. The average molecular weight is 1180 g/mol. The Morgan fingerprint density at radius 2 is 0.817 bits per heavy atom. The van der Waals surface area contributed by atoms with Gasteiger partial charge in [0, 0.05) is 25.7 Å². The number of benzene rings is 2. The van der Waals surface area contributed by atoms with Crippen LogP contribution in [0.5, 0.6) is 23.0 Å². The van der Waals surface area contributed by atoms with E-state index in [1.54, 1.807) is 13.8 Å². The van der Waals surface area contributed by atoms with Gasteiger partial charge in [-0.2, -0.15) is 0 Å². The minimum absolute atomic E-state index is 0.0195. The van der Waals surface area contributed by atoms with Crippen molar-refractivity contribution in [2.45, 2.75) is 212 Å². The second-order valence-electron chi connectivity index (χ2n) is 22.2. The zero-order valence-corrected chi connectivity index (χ0v) is 49.9. The predicted molar refractivity (Wildman–Crippen MR) is 300 cm³/mol. The summed E-state index contributed by atoms with van der Waals surface area (Å²) in [5, 5.41) is 23.2. The number of ether oxygens (including phenoxy) is 8. The van der Waals surface area contributed by atoms with Crippen molar-refractivity contribution in [1.82, 2.24) is 0 Å². The number of likely N-dealkylation sites (N-methyl/N-ethyl adjacent to an activating group) is 1. The first-order valence-corrected chi connectivity index (χ1v) is 31.0. The largest absolute Gasteiger partial charge is 0.756 e. The first-order chi connectivity index (χ1) is 39.2. The van der Waals surface area contributed by atoms with Crippen LogP contribution in [0.2, 0.25) is 0 Å². The summed E-state index contributed by atoms with van der Waals surface area (Å²) < 4.78 is 66.2. The van der Waals surface area contributed by atoms with Crippen LogP contribution in [0, 0.1) is 20.2 Å². The Morgan fingerprint density at radius 3 is 1.16 bits per heavy atom. The van der Waals surface area contributed by atoms with Crippen LogP contribution in [0.3, 0.4) is 0 Å². The van der Waals surface area contributed by atoms with Gasteiger partial charge in [0.2, 0.25) is 13.6 Å². The molecule has 0 fully saturated rings. The Bertz CT molecular complexity index is 2360. The highest BCUT2D eigenvalue weighted by Crippen LogP contribution is 2.43. The molecule has 0 aliphatic carbocycles. The molecule has 462 valence electrons. The van der Waals surface area contributed by atoms with Crippen molar-refractivity contribution >= 4 is 43.1 Å². The first kappa shape index (κ1) is 68.9. The third kappa shape index (κ3) is 28.1. The number of nitro groups is 2. The van der Waals surface area contributed by atoms with Crippen LogP contribution >= 0.6 is 7.82 Å². The topological polar surface area (TPSA) is 287 Å². The minimum Gasteiger partial charge on any atom is -0.756 e. The number of hydrogen-bond acceptors (Lipinski definition) is 20. The maximum atomic E-state index is 12.8. The molecule has 0 saturated heterocycles. The number of phosphoric acid groups is 1. The van der Waals surface area contributed by atoms with Gasteiger partial charge < -0.3 is 56.3 Å². The smallest absolute Gasteiger partial charge is 0.306 e. The molecule has 2 heterocycles. The number of carbonyl (C=O) groups excluding carboxylic acids is 4. The summed E-state index contributed by atoms with van der Waals surface area (Å²) in [6.07, 6.45) is 21.0. The van der Waals surface area contributed by atoms with Crippen molar-refractivity contribution in [2.24, 2.45) is 0 Å². The van der Waals surface area contributed by atoms with Gasteiger partial charge >= 0.3 is 23.9 Å². The van der Waals surface area contributed by atoms with Crippen LogP contribution in [0.15, 0.2) is 24.3 Å². The Morgan fingerprint density at radius 1 is 0.500 bits per heavy atom. The molecule has 82 heavy (non-hydrogen) atoms. The fourth-order valence-corrected chi connectivity index (χ4v) is 10.1. The molecular formula is C58H90N3O20P. The number of esters is 4. The summed E-state index contributed by atoms with van der Waals surface area (Å²) in [4.78, 5) is 85.1. The molecule has 0 N–H and O–H groups in total. The molecule has 0 bridgehead atoms. The van der Waals surface area contributed by atoms with Gasteiger partial charge in [0.25, 0.3) is 19.2 Å². The van der Waals surface area contributed by atoms with E-state index in [-0.39, 0.29) is 75.0 Å². The molecule has 4 rings (SSSR count). The predicted octanol–water partition coefficient (Wildman–Crippen LogP) is 12.5. The zero-order valence-electron chi connectivity index (χ0n) is 49.0. The van der Waals surface area contributed by atoms with E-state index in [1.807, 2.05) is 21.1 Å². The molecule has 2 aliphatic rings. The molecule has 4 atom stereocenters. The summed E-state index contributed by atoms with van der Waals surface area (Å²) >= 11 is 0. The summed E-state index contributed by atoms with van der Waals surface area (Å²) in [7, 11) is 0.964. The van der Waals surface area contributed by atoms with Crippen molar-refractivity contribution in [1.29, 1.82) is 0 Å². The molecule has 2 aliphatic heterocycles. The Balaban J connectivity index is 0.979. The quantitative estimate of drug-likeness (QED) is 0.0113.